The first kappa shape index (κ1) is 15.5. The van der Waals surface area contributed by atoms with Crippen LogP contribution >= 0.6 is 15.9 Å². The number of sulfone groups is 1. The van der Waals surface area contributed by atoms with E-state index in [1.165, 1.54) is 12.1 Å². The van der Waals surface area contributed by atoms with Crippen LogP contribution in [-0.2, 0) is 9.84 Å². The van der Waals surface area contributed by atoms with E-state index in [-0.39, 0.29) is 10.6 Å². The second-order valence-electron chi connectivity index (χ2n) is 4.43. The highest BCUT2D eigenvalue weighted by Crippen LogP contribution is 2.26. The van der Waals surface area contributed by atoms with Crippen LogP contribution in [0.25, 0.3) is 0 Å². The second kappa shape index (κ2) is 5.87. The number of benzene rings is 2. The summed E-state index contributed by atoms with van der Waals surface area (Å²) in [5.41, 5.74) is 6.73. The van der Waals surface area contributed by atoms with Gasteiger partial charge in [0, 0.05) is 11.9 Å². The molecule has 2 rings (SSSR count). The number of nitrogen functional groups attached to an aromatic ring is 1. The van der Waals surface area contributed by atoms with E-state index in [1.54, 1.807) is 30.3 Å². The zero-order valence-corrected chi connectivity index (χ0v) is 13.5. The quantitative estimate of drug-likeness (QED) is 0.815. The summed E-state index contributed by atoms with van der Waals surface area (Å²) in [5.74, 6) is -0.440. The van der Waals surface area contributed by atoms with Crippen molar-refractivity contribution in [3.63, 3.8) is 0 Å². The van der Waals surface area contributed by atoms with Crippen molar-refractivity contribution in [1.29, 1.82) is 0 Å². The van der Waals surface area contributed by atoms with Crippen LogP contribution in [0.3, 0.4) is 0 Å². The molecule has 2 aromatic carbocycles. The number of nitrogens with one attached hydrogen (secondary N) is 1. The summed E-state index contributed by atoms with van der Waals surface area (Å²) in [4.78, 5) is 12.3. The molecule has 0 fully saturated rings. The lowest BCUT2D eigenvalue weighted by atomic mass is 10.2. The number of nitrogens with two attached hydrogens (primary N) is 1. The van der Waals surface area contributed by atoms with Gasteiger partial charge in [0.15, 0.2) is 9.84 Å². The number of hydrogen-bond acceptors (Lipinski definition) is 4. The van der Waals surface area contributed by atoms with Gasteiger partial charge in [-0.25, -0.2) is 8.42 Å². The third kappa shape index (κ3) is 3.43. The lowest BCUT2D eigenvalue weighted by Crippen LogP contribution is -2.15. The van der Waals surface area contributed by atoms with Crippen LogP contribution in [0.5, 0.6) is 0 Å². The summed E-state index contributed by atoms with van der Waals surface area (Å²) in [6.07, 6.45) is 1.09. The van der Waals surface area contributed by atoms with E-state index >= 15 is 0 Å². The maximum absolute atomic E-state index is 12.3. The number of carbonyl (C=O) groups is 1. The number of hydrogen-bond donors (Lipinski definition) is 2. The van der Waals surface area contributed by atoms with Gasteiger partial charge in [0.2, 0.25) is 0 Å². The molecular weight excluding hydrogens is 356 g/mol. The van der Waals surface area contributed by atoms with Crippen molar-refractivity contribution in [2.24, 2.45) is 0 Å². The number of amides is 1. The number of halogens is 1. The lowest BCUT2D eigenvalue weighted by molar-refractivity contribution is 0.102. The highest BCUT2D eigenvalue weighted by molar-refractivity contribution is 9.10. The summed E-state index contributed by atoms with van der Waals surface area (Å²) in [6.45, 7) is 0. The monoisotopic (exact) mass is 368 g/mol. The van der Waals surface area contributed by atoms with Crippen LogP contribution in [0.15, 0.2) is 51.8 Å². The van der Waals surface area contributed by atoms with Gasteiger partial charge in [0.1, 0.15) is 0 Å². The van der Waals surface area contributed by atoms with Gasteiger partial charge in [-0.2, -0.15) is 0 Å². The molecule has 0 saturated carbocycles. The Morgan fingerprint density at radius 3 is 2.48 bits per heavy atom. The maximum Gasteiger partial charge on any atom is 0.256 e. The minimum absolute atomic E-state index is 0.0679. The molecule has 110 valence electrons. The average molecular weight is 369 g/mol. The minimum atomic E-state index is -3.43. The van der Waals surface area contributed by atoms with Gasteiger partial charge in [0.25, 0.3) is 5.91 Å². The smallest absolute Gasteiger partial charge is 0.256 e. The number of para-hydroxylation sites is 1. The SMILES string of the molecule is CS(=O)(=O)c1ccccc1NC(=O)c1cccc(N)c1Br. The minimum Gasteiger partial charge on any atom is -0.398 e. The van der Waals surface area contributed by atoms with Crippen LogP contribution in [0.1, 0.15) is 10.4 Å². The third-order valence-corrected chi connectivity index (χ3v) is 4.85. The van der Waals surface area contributed by atoms with Gasteiger partial charge in [-0.15, -0.1) is 0 Å². The van der Waals surface area contributed by atoms with Crippen molar-refractivity contribution in [2.75, 3.05) is 17.3 Å². The molecule has 0 unspecified atom stereocenters. The summed E-state index contributed by atoms with van der Waals surface area (Å²) in [6, 6.07) is 11.1. The van der Waals surface area contributed by atoms with Crippen LogP contribution < -0.4 is 11.1 Å². The molecule has 0 spiro atoms. The predicted octanol–water partition coefficient (Wildman–Crippen LogP) is 2.69. The van der Waals surface area contributed by atoms with Crippen molar-refractivity contribution >= 4 is 43.0 Å². The molecule has 0 aliphatic carbocycles. The fourth-order valence-electron chi connectivity index (χ4n) is 1.81. The van der Waals surface area contributed by atoms with E-state index in [1.807, 2.05) is 0 Å². The summed E-state index contributed by atoms with van der Waals surface area (Å²) in [5, 5.41) is 2.60. The number of anilines is 2. The highest BCUT2D eigenvalue weighted by atomic mass is 79.9. The molecule has 0 atom stereocenters. The number of rotatable bonds is 3. The Balaban J connectivity index is 2.40. The zero-order valence-electron chi connectivity index (χ0n) is 11.1. The first-order chi connectivity index (χ1) is 9.80. The molecule has 1 amide bonds. The fourth-order valence-corrected chi connectivity index (χ4v) is 3.10. The molecule has 5 nitrogen and oxygen atoms in total. The Hall–Kier alpha value is -1.86. The average Bonchev–Trinajstić information content (AvgIpc) is 2.41. The van der Waals surface area contributed by atoms with Gasteiger partial charge in [0.05, 0.1) is 20.6 Å². The Bertz CT molecular complexity index is 804. The summed E-state index contributed by atoms with van der Waals surface area (Å²) >= 11 is 3.25. The largest absolute Gasteiger partial charge is 0.398 e. The van der Waals surface area contributed by atoms with Gasteiger partial charge in [-0.3, -0.25) is 4.79 Å². The molecule has 0 heterocycles. The molecule has 0 bridgehead atoms. The van der Waals surface area contributed by atoms with E-state index in [2.05, 4.69) is 21.2 Å². The molecule has 0 aliphatic rings. The van der Waals surface area contributed by atoms with E-state index in [9.17, 15) is 13.2 Å². The van der Waals surface area contributed by atoms with Crippen molar-refractivity contribution in [3.05, 3.63) is 52.5 Å². The van der Waals surface area contributed by atoms with E-state index < -0.39 is 15.7 Å². The Kier molecular flexibility index (Phi) is 4.34. The van der Waals surface area contributed by atoms with E-state index in [0.717, 1.165) is 6.26 Å². The first-order valence-electron chi connectivity index (χ1n) is 5.95. The van der Waals surface area contributed by atoms with Crippen molar-refractivity contribution in [2.45, 2.75) is 4.90 Å². The van der Waals surface area contributed by atoms with E-state index in [0.29, 0.717) is 15.7 Å². The topological polar surface area (TPSA) is 89.3 Å². The van der Waals surface area contributed by atoms with Gasteiger partial charge >= 0.3 is 0 Å². The van der Waals surface area contributed by atoms with E-state index in [4.69, 9.17) is 5.73 Å². The van der Waals surface area contributed by atoms with Crippen LogP contribution in [0.2, 0.25) is 0 Å². The zero-order chi connectivity index (χ0) is 15.6. The molecule has 0 radical (unpaired) electrons. The van der Waals surface area contributed by atoms with Gasteiger partial charge in [-0.05, 0) is 40.2 Å². The van der Waals surface area contributed by atoms with Crippen molar-refractivity contribution in [1.82, 2.24) is 0 Å². The molecule has 0 aliphatic heterocycles. The molecule has 3 N–H and O–H groups in total. The maximum atomic E-state index is 12.3. The lowest BCUT2D eigenvalue weighted by Gasteiger charge is -2.11. The number of carbonyl (C=O) groups excluding carboxylic acids is 1. The molecule has 21 heavy (non-hydrogen) atoms. The van der Waals surface area contributed by atoms with Crippen LogP contribution in [0.4, 0.5) is 11.4 Å². The molecule has 7 heteroatoms. The van der Waals surface area contributed by atoms with Crippen molar-refractivity contribution < 1.29 is 13.2 Å². The van der Waals surface area contributed by atoms with Gasteiger partial charge < -0.3 is 11.1 Å². The van der Waals surface area contributed by atoms with Gasteiger partial charge in [-0.1, -0.05) is 18.2 Å². The molecule has 0 aromatic heterocycles. The Morgan fingerprint density at radius 1 is 1.14 bits per heavy atom. The molecular formula is C14H13BrN2O3S. The Morgan fingerprint density at radius 2 is 1.81 bits per heavy atom. The second-order valence-corrected chi connectivity index (χ2v) is 7.21. The van der Waals surface area contributed by atoms with Crippen LogP contribution in [-0.4, -0.2) is 20.6 Å². The molecule has 0 saturated heterocycles. The first-order valence-corrected chi connectivity index (χ1v) is 8.63. The van der Waals surface area contributed by atoms with Crippen LogP contribution in [0, 0.1) is 0 Å². The molecule has 2 aromatic rings. The standard InChI is InChI=1S/C14H13BrN2O3S/c1-21(19,20)12-8-3-2-7-11(12)17-14(18)9-5-4-6-10(16)13(9)15/h2-8H,16H2,1H3,(H,17,18). The predicted molar refractivity (Wildman–Crippen MR) is 86.1 cm³/mol. The normalized spacial score (nSPS) is 11.1. The highest BCUT2D eigenvalue weighted by Gasteiger charge is 2.17. The fraction of sp³-hybridized carbons (Fsp3) is 0.0714. The Labute approximate surface area is 131 Å². The summed E-state index contributed by atoms with van der Waals surface area (Å²) < 4.78 is 23.9. The third-order valence-electron chi connectivity index (χ3n) is 2.81. The summed E-state index contributed by atoms with van der Waals surface area (Å²) in [7, 11) is -3.43. The van der Waals surface area contributed by atoms with Crippen molar-refractivity contribution in [3.8, 4) is 0 Å².